The lowest BCUT2D eigenvalue weighted by Crippen LogP contribution is -2.27. The molecule has 0 aliphatic heterocycles. The number of rotatable bonds is 4. The fraction of sp³-hybridized carbons (Fsp3) is 0.412. The summed E-state index contributed by atoms with van der Waals surface area (Å²) in [7, 11) is 1.69. The summed E-state index contributed by atoms with van der Waals surface area (Å²) in [6.07, 6.45) is 3.58. The number of benzene rings is 1. The molecule has 1 aliphatic rings. The van der Waals surface area contributed by atoms with Gasteiger partial charge in [-0.3, -0.25) is 0 Å². The predicted molar refractivity (Wildman–Crippen MR) is 89.6 cm³/mol. The van der Waals surface area contributed by atoms with Crippen LogP contribution in [0.25, 0.3) is 0 Å². The third-order valence-electron chi connectivity index (χ3n) is 4.15. The number of hydrogen-bond donors (Lipinski definition) is 1. The van der Waals surface area contributed by atoms with Crippen molar-refractivity contribution in [3.05, 3.63) is 50.7 Å². The average Bonchev–Trinajstić information content (AvgIpc) is 2.88. The lowest BCUT2D eigenvalue weighted by Gasteiger charge is -2.27. The van der Waals surface area contributed by atoms with Gasteiger partial charge >= 0.3 is 0 Å². The van der Waals surface area contributed by atoms with Crippen molar-refractivity contribution in [1.29, 1.82) is 0 Å². The van der Waals surface area contributed by atoms with Crippen LogP contribution in [0.15, 0.2) is 30.3 Å². The summed E-state index contributed by atoms with van der Waals surface area (Å²) in [6.45, 7) is 2.21. The minimum Gasteiger partial charge on any atom is -0.497 e. The molecule has 2 unspecified atom stereocenters. The second-order valence-electron chi connectivity index (χ2n) is 5.54. The third-order valence-corrected chi connectivity index (χ3v) is 5.49. The van der Waals surface area contributed by atoms with E-state index in [9.17, 15) is 0 Å². The minimum absolute atomic E-state index is 0.311. The van der Waals surface area contributed by atoms with Crippen molar-refractivity contribution < 1.29 is 4.74 Å². The zero-order chi connectivity index (χ0) is 14.8. The van der Waals surface area contributed by atoms with Gasteiger partial charge in [-0.15, -0.1) is 11.3 Å². The summed E-state index contributed by atoms with van der Waals surface area (Å²) in [4.78, 5) is 1.45. The van der Waals surface area contributed by atoms with Gasteiger partial charge < -0.3 is 10.1 Å². The predicted octanol–water partition coefficient (Wildman–Crippen LogP) is 5.14. The quantitative estimate of drug-likeness (QED) is 0.842. The largest absolute Gasteiger partial charge is 0.497 e. The lowest BCUT2D eigenvalue weighted by atomic mass is 9.93. The Kier molecular flexibility index (Phi) is 4.53. The monoisotopic (exact) mass is 321 g/mol. The van der Waals surface area contributed by atoms with Crippen LogP contribution in [0.4, 0.5) is 0 Å². The van der Waals surface area contributed by atoms with Crippen LogP contribution in [0, 0.1) is 0 Å². The van der Waals surface area contributed by atoms with E-state index in [2.05, 4.69) is 30.4 Å². The molecule has 3 rings (SSSR count). The van der Waals surface area contributed by atoms with E-state index >= 15 is 0 Å². The van der Waals surface area contributed by atoms with Crippen molar-refractivity contribution in [2.75, 3.05) is 7.11 Å². The Balaban J connectivity index is 1.74. The first-order valence-corrected chi connectivity index (χ1v) is 8.55. The maximum Gasteiger partial charge on any atom is 0.118 e. The molecule has 0 fully saturated rings. The first-order valence-electron chi connectivity index (χ1n) is 7.35. The van der Waals surface area contributed by atoms with E-state index in [1.807, 2.05) is 12.1 Å². The molecule has 2 atom stereocenters. The molecule has 2 aromatic rings. The Hall–Kier alpha value is -1.03. The molecule has 1 aromatic heterocycles. The number of nitrogens with one attached hydrogen (secondary N) is 1. The van der Waals surface area contributed by atoms with E-state index < -0.39 is 0 Å². The number of hydrogen-bond acceptors (Lipinski definition) is 3. The van der Waals surface area contributed by atoms with Crippen LogP contribution in [0.3, 0.4) is 0 Å². The molecule has 21 heavy (non-hydrogen) atoms. The smallest absolute Gasteiger partial charge is 0.118 e. The summed E-state index contributed by atoms with van der Waals surface area (Å²) in [6, 6.07) is 11.1. The van der Waals surface area contributed by atoms with Crippen LogP contribution in [0.2, 0.25) is 4.34 Å². The van der Waals surface area contributed by atoms with Gasteiger partial charge in [0.05, 0.1) is 11.4 Å². The molecule has 1 aliphatic carbocycles. The van der Waals surface area contributed by atoms with Crippen molar-refractivity contribution in [3.8, 4) is 5.75 Å². The Bertz CT molecular complexity index is 608. The molecule has 0 saturated carbocycles. The van der Waals surface area contributed by atoms with Crippen molar-refractivity contribution >= 4 is 22.9 Å². The molecule has 0 spiro atoms. The summed E-state index contributed by atoms with van der Waals surface area (Å²) in [5, 5.41) is 3.75. The zero-order valence-electron chi connectivity index (χ0n) is 12.4. The van der Waals surface area contributed by atoms with Crippen LogP contribution in [0.5, 0.6) is 5.75 Å². The standard InChI is InChI=1S/C17H20ClNOS/c1-11(12-6-8-13(20-2)9-7-12)19-15-4-3-5-16-14(15)10-17(18)21-16/h6-11,15,19H,3-5H2,1-2H3. The lowest BCUT2D eigenvalue weighted by molar-refractivity contribution is 0.410. The number of fused-ring (bicyclic) bond motifs is 1. The normalized spacial score (nSPS) is 19.1. The number of halogens is 1. The molecule has 2 nitrogen and oxygen atoms in total. The van der Waals surface area contributed by atoms with Gasteiger partial charge in [0.15, 0.2) is 0 Å². The molecule has 1 heterocycles. The Morgan fingerprint density at radius 2 is 2.10 bits per heavy atom. The molecule has 0 amide bonds. The summed E-state index contributed by atoms with van der Waals surface area (Å²) < 4.78 is 6.12. The fourth-order valence-electron chi connectivity index (χ4n) is 2.99. The summed E-state index contributed by atoms with van der Waals surface area (Å²) in [5.41, 5.74) is 2.68. The van der Waals surface area contributed by atoms with Crippen LogP contribution in [0.1, 0.15) is 47.9 Å². The second kappa shape index (κ2) is 6.39. The number of aryl methyl sites for hydroxylation is 1. The topological polar surface area (TPSA) is 21.3 Å². The van der Waals surface area contributed by atoms with Crippen molar-refractivity contribution in [3.63, 3.8) is 0 Å². The van der Waals surface area contributed by atoms with Gasteiger partial charge in [0.25, 0.3) is 0 Å². The molecular weight excluding hydrogens is 302 g/mol. The fourth-order valence-corrected chi connectivity index (χ4v) is 4.37. The van der Waals surface area contributed by atoms with Gasteiger partial charge in [-0.05, 0) is 55.5 Å². The van der Waals surface area contributed by atoms with Crippen molar-refractivity contribution in [2.45, 2.75) is 38.3 Å². The average molecular weight is 322 g/mol. The van der Waals surface area contributed by atoms with Gasteiger partial charge in [-0.1, -0.05) is 23.7 Å². The van der Waals surface area contributed by atoms with Crippen molar-refractivity contribution in [2.24, 2.45) is 0 Å². The highest BCUT2D eigenvalue weighted by Crippen LogP contribution is 2.38. The molecular formula is C17H20ClNOS. The molecule has 112 valence electrons. The van der Waals surface area contributed by atoms with Crippen LogP contribution in [-0.2, 0) is 6.42 Å². The second-order valence-corrected chi connectivity index (χ2v) is 7.30. The number of methoxy groups -OCH3 is 1. The SMILES string of the molecule is COc1ccc(C(C)NC2CCCc3sc(Cl)cc32)cc1. The van der Waals surface area contributed by atoms with Crippen LogP contribution >= 0.6 is 22.9 Å². The number of ether oxygens (including phenoxy) is 1. The highest BCUT2D eigenvalue weighted by molar-refractivity contribution is 7.16. The van der Waals surface area contributed by atoms with Crippen LogP contribution in [-0.4, -0.2) is 7.11 Å². The van der Waals surface area contributed by atoms with Gasteiger partial charge in [0, 0.05) is 17.0 Å². The minimum atomic E-state index is 0.311. The van der Waals surface area contributed by atoms with E-state index in [1.165, 1.54) is 35.3 Å². The molecule has 1 aromatic carbocycles. The zero-order valence-corrected chi connectivity index (χ0v) is 13.9. The summed E-state index contributed by atoms with van der Waals surface area (Å²) >= 11 is 7.91. The van der Waals surface area contributed by atoms with Gasteiger partial charge in [0.1, 0.15) is 5.75 Å². The van der Waals surface area contributed by atoms with Gasteiger partial charge in [0.2, 0.25) is 0 Å². The Morgan fingerprint density at radius 1 is 1.33 bits per heavy atom. The Morgan fingerprint density at radius 3 is 2.81 bits per heavy atom. The van der Waals surface area contributed by atoms with E-state index in [0.717, 1.165) is 10.1 Å². The molecule has 0 radical (unpaired) electrons. The van der Waals surface area contributed by atoms with Crippen LogP contribution < -0.4 is 10.1 Å². The molecule has 1 N–H and O–H groups in total. The maximum absolute atomic E-state index is 6.18. The Labute approximate surface area is 135 Å². The first kappa shape index (κ1) is 14.9. The highest BCUT2D eigenvalue weighted by Gasteiger charge is 2.24. The number of thiophene rings is 1. The van der Waals surface area contributed by atoms with E-state index in [4.69, 9.17) is 16.3 Å². The van der Waals surface area contributed by atoms with E-state index in [0.29, 0.717) is 12.1 Å². The van der Waals surface area contributed by atoms with Gasteiger partial charge in [-0.2, -0.15) is 0 Å². The maximum atomic E-state index is 6.18. The first-order chi connectivity index (χ1) is 10.2. The van der Waals surface area contributed by atoms with E-state index in [1.54, 1.807) is 18.4 Å². The molecule has 4 heteroatoms. The summed E-state index contributed by atoms with van der Waals surface area (Å²) in [5.74, 6) is 0.899. The highest BCUT2D eigenvalue weighted by atomic mass is 35.5. The molecule has 0 saturated heterocycles. The van der Waals surface area contributed by atoms with E-state index in [-0.39, 0.29) is 0 Å². The third kappa shape index (κ3) is 3.25. The van der Waals surface area contributed by atoms with Crippen molar-refractivity contribution in [1.82, 2.24) is 5.32 Å². The van der Waals surface area contributed by atoms with Gasteiger partial charge in [-0.25, -0.2) is 0 Å². The molecule has 0 bridgehead atoms.